The Labute approximate surface area is 72.5 Å². The molecule has 0 aliphatic heterocycles. The Morgan fingerprint density at radius 2 is 2.00 bits per heavy atom. The van der Waals surface area contributed by atoms with Gasteiger partial charge in [0.2, 0.25) is 0 Å². The van der Waals surface area contributed by atoms with Crippen LogP contribution in [0.3, 0.4) is 0 Å². The van der Waals surface area contributed by atoms with Gasteiger partial charge in [-0.3, -0.25) is 0 Å². The fourth-order valence-corrected chi connectivity index (χ4v) is 1.10. The molecule has 1 rings (SSSR count). The van der Waals surface area contributed by atoms with Crippen molar-refractivity contribution in [3.63, 3.8) is 0 Å². The Morgan fingerprint density at radius 3 is 2.55 bits per heavy atom. The van der Waals surface area contributed by atoms with Crippen LogP contribution in [0.15, 0.2) is 43.0 Å². The van der Waals surface area contributed by atoms with Gasteiger partial charge in [-0.2, -0.15) is 0 Å². The number of allylic oxidation sites excluding steroid dienone is 1. The quantitative estimate of drug-likeness (QED) is 0.479. The first-order chi connectivity index (χ1) is 5.33. The zero-order valence-corrected chi connectivity index (χ0v) is 7.09. The molecule has 0 aromatic heterocycles. The second-order valence-corrected chi connectivity index (χ2v) is 3.00. The average Bonchev–Trinajstić information content (AvgIpc) is 2.06. The normalized spacial score (nSPS) is 12.5. The van der Waals surface area contributed by atoms with Gasteiger partial charge < -0.3 is 0 Å². The van der Waals surface area contributed by atoms with Gasteiger partial charge in [-0.15, -0.1) is 18.2 Å². The van der Waals surface area contributed by atoms with Crippen molar-refractivity contribution in [3.05, 3.63) is 48.6 Å². The number of rotatable bonds is 3. The Kier molecular flexibility index (Phi) is 3.18. The van der Waals surface area contributed by atoms with E-state index in [2.05, 4.69) is 18.7 Å². The second-order valence-electron chi connectivity index (χ2n) is 2.44. The van der Waals surface area contributed by atoms with Crippen LogP contribution in [0.5, 0.6) is 0 Å². The fourth-order valence-electron chi connectivity index (χ4n) is 0.923. The minimum Gasteiger partial charge on any atom is -0.118 e. The largest absolute Gasteiger partial charge is 0.118 e. The first kappa shape index (κ1) is 8.35. The van der Waals surface area contributed by atoms with E-state index in [1.165, 1.54) is 5.56 Å². The van der Waals surface area contributed by atoms with E-state index in [9.17, 15) is 0 Å². The molecular formula is C10H11Cl. The highest BCUT2D eigenvalue weighted by Crippen LogP contribution is 2.07. The van der Waals surface area contributed by atoms with E-state index in [0.29, 0.717) is 0 Å². The Hall–Kier alpha value is -0.750. The van der Waals surface area contributed by atoms with Crippen molar-refractivity contribution in [2.75, 3.05) is 0 Å². The standard InChI is InChI=1S/C10H11Cl/c1-2-10(11)8-9-6-4-3-5-7-9/h2-7,10H,1,8H2. The summed E-state index contributed by atoms with van der Waals surface area (Å²) in [6, 6.07) is 10.2. The lowest BCUT2D eigenvalue weighted by molar-refractivity contribution is 1.01. The monoisotopic (exact) mass is 166 g/mol. The van der Waals surface area contributed by atoms with Crippen LogP contribution in [0.2, 0.25) is 0 Å². The third-order valence-electron chi connectivity index (χ3n) is 1.53. The molecule has 0 spiro atoms. The molecule has 0 heterocycles. The van der Waals surface area contributed by atoms with E-state index in [4.69, 9.17) is 11.6 Å². The maximum absolute atomic E-state index is 5.88. The lowest BCUT2D eigenvalue weighted by Gasteiger charge is -2.02. The number of alkyl halides is 1. The van der Waals surface area contributed by atoms with Gasteiger partial charge >= 0.3 is 0 Å². The number of hydrogen-bond acceptors (Lipinski definition) is 0. The van der Waals surface area contributed by atoms with Crippen molar-refractivity contribution in [3.8, 4) is 0 Å². The highest BCUT2D eigenvalue weighted by molar-refractivity contribution is 6.21. The van der Waals surface area contributed by atoms with Crippen LogP contribution >= 0.6 is 11.6 Å². The highest BCUT2D eigenvalue weighted by atomic mass is 35.5. The molecule has 0 aliphatic rings. The van der Waals surface area contributed by atoms with Gasteiger partial charge in [0.05, 0.1) is 5.38 Å². The summed E-state index contributed by atoms with van der Waals surface area (Å²) < 4.78 is 0. The van der Waals surface area contributed by atoms with Crippen LogP contribution in [0.25, 0.3) is 0 Å². The lowest BCUT2D eigenvalue weighted by Crippen LogP contribution is -1.97. The molecule has 11 heavy (non-hydrogen) atoms. The molecule has 1 atom stereocenters. The highest BCUT2D eigenvalue weighted by Gasteiger charge is 1.98. The number of benzene rings is 1. The van der Waals surface area contributed by atoms with Crippen LogP contribution in [0.1, 0.15) is 5.56 Å². The molecule has 1 unspecified atom stereocenters. The van der Waals surface area contributed by atoms with Gasteiger partial charge in [-0.05, 0) is 12.0 Å². The minimum atomic E-state index is 0.0531. The van der Waals surface area contributed by atoms with E-state index >= 15 is 0 Å². The summed E-state index contributed by atoms with van der Waals surface area (Å²) in [7, 11) is 0. The molecule has 1 heteroatoms. The second kappa shape index (κ2) is 4.20. The topological polar surface area (TPSA) is 0 Å². The predicted octanol–water partition coefficient (Wildman–Crippen LogP) is 3.02. The molecule has 0 aliphatic carbocycles. The average molecular weight is 167 g/mol. The van der Waals surface area contributed by atoms with Crippen LogP contribution in [-0.4, -0.2) is 5.38 Å². The molecule has 0 fully saturated rings. The predicted molar refractivity (Wildman–Crippen MR) is 50.0 cm³/mol. The zero-order valence-electron chi connectivity index (χ0n) is 6.33. The summed E-state index contributed by atoms with van der Waals surface area (Å²) in [4.78, 5) is 0. The summed E-state index contributed by atoms with van der Waals surface area (Å²) in [6.45, 7) is 3.62. The van der Waals surface area contributed by atoms with E-state index in [-0.39, 0.29) is 5.38 Å². The molecule has 0 nitrogen and oxygen atoms in total. The summed E-state index contributed by atoms with van der Waals surface area (Å²) in [6.07, 6.45) is 2.63. The summed E-state index contributed by atoms with van der Waals surface area (Å²) in [5.74, 6) is 0. The van der Waals surface area contributed by atoms with Gasteiger partial charge in [0.1, 0.15) is 0 Å². The molecule has 0 N–H and O–H groups in total. The van der Waals surface area contributed by atoms with Crippen molar-refractivity contribution >= 4 is 11.6 Å². The third-order valence-corrected chi connectivity index (χ3v) is 1.86. The molecule has 1 aromatic carbocycles. The first-order valence-corrected chi connectivity index (χ1v) is 4.07. The van der Waals surface area contributed by atoms with E-state index in [0.717, 1.165) is 6.42 Å². The van der Waals surface area contributed by atoms with Crippen LogP contribution in [0.4, 0.5) is 0 Å². The van der Waals surface area contributed by atoms with Gasteiger partial charge in [0.15, 0.2) is 0 Å². The van der Waals surface area contributed by atoms with Crippen molar-refractivity contribution in [1.82, 2.24) is 0 Å². The van der Waals surface area contributed by atoms with Crippen molar-refractivity contribution < 1.29 is 0 Å². The number of hydrogen-bond donors (Lipinski definition) is 0. The molecule has 0 saturated heterocycles. The van der Waals surface area contributed by atoms with Crippen LogP contribution in [0, 0.1) is 0 Å². The molecule has 0 amide bonds. The van der Waals surface area contributed by atoms with Gasteiger partial charge in [-0.1, -0.05) is 36.4 Å². The molecule has 1 aromatic rings. The van der Waals surface area contributed by atoms with Crippen molar-refractivity contribution in [2.45, 2.75) is 11.8 Å². The minimum absolute atomic E-state index is 0.0531. The van der Waals surface area contributed by atoms with Crippen LogP contribution < -0.4 is 0 Å². The third kappa shape index (κ3) is 2.77. The smallest absolute Gasteiger partial charge is 0.0553 e. The van der Waals surface area contributed by atoms with Gasteiger partial charge in [0, 0.05) is 0 Å². The molecule has 58 valence electrons. The first-order valence-electron chi connectivity index (χ1n) is 3.63. The molecule has 0 radical (unpaired) electrons. The van der Waals surface area contributed by atoms with Gasteiger partial charge in [0.25, 0.3) is 0 Å². The van der Waals surface area contributed by atoms with Crippen molar-refractivity contribution in [2.24, 2.45) is 0 Å². The van der Waals surface area contributed by atoms with E-state index < -0.39 is 0 Å². The molecular weight excluding hydrogens is 156 g/mol. The zero-order chi connectivity index (χ0) is 8.10. The molecule has 0 bridgehead atoms. The Bertz CT molecular complexity index is 216. The maximum Gasteiger partial charge on any atom is 0.0553 e. The lowest BCUT2D eigenvalue weighted by atomic mass is 10.1. The SMILES string of the molecule is C=CC(Cl)Cc1ccccc1. The van der Waals surface area contributed by atoms with E-state index in [1.54, 1.807) is 6.08 Å². The Morgan fingerprint density at radius 1 is 1.36 bits per heavy atom. The fraction of sp³-hybridized carbons (Fsp3) is 0.200. The molecule has 0 saturated carbocycles. The maximum atomic E-state index is 5.88. The van der Waals surface area contributed by atoms with Gasteiger partial charge in [-0.25, -0.2) is 0 Å². The number of halogens is 1. The summed E-state index contributed by atoms with van der Waals surface area (Å²) >= 11 is 5.88. The summed E-state index contributed by atoms with van der Waals surface area (Å²) in [5, 5.41) is 0.0531. The Balaban J connectivity index is 2.57. The summed E-state index contributed by atoms with van der Waals surface area (Å²) in [5.41, 5.74) is 1.26. The van der Waals surface area contributed by atoms with E-state index in [1.807, 2.05) is 18.2 Å². The van der Waals surface area contributed by atoms with Crippen LogP contribution in [-0.2, 0) is 6.42 Å². The van der Waals surface area contributed by atoms with Crippen molar-refractivity contribution in [1.29, 1.82) is 0 Å².